The second-order valence-corrected chi connectivity index (χ2v) is 3.47. The highest BCUT2D eigenvalue weighted by Gasteiger charge is 2.09. The molecule has 0 aliphatic rings. The van der Waals surface area contributed by atoms with E-state index in [1.807, 2.05) is 0 Å². The van der Waals surface area contributed by atoms with Gasteiger partial charge in [-0.15, -0.1) is 0 Å². The fourth-order valence-electron chi connectivity index (χ4n) is 1.26. The topological polar surface area (TPSA) is 55.1 Å². The number of imidazole rings is 1. The van der Waals surface area contributed by atoms with E-state index in [0.29, 0.717) is 5.69 Å². The van der Waals surface area contributed by atoms with E-state index in [0.717, 1.165) is 6.07 Å². The van der Waals surface area contributed by atoms with E-state index in [1.165, 1.54) is 29.2 Å². The average molecular weight is 241 g/mol. The molecule has 6 heteroatoms. The van der Waals surface area contributed by atoms with Gasteiger partial charge in [0.1, 0.15) is 12.1 Å². The maximum absolute atomic E-state index is 12.8. The number of benzene rings is 1. The van der Waals surface area contributed by atoms with Crippen LogP contribution in [-0.4, -0.2) is 20.6 Å². The highest BCUT2D eigenvalue weighted by atomic mass is 35.5. The summed E-state index contributed by atoms with van der Waals surface area (Å²) in [6, 6.07) is 3.84. The van der Waals surface area contributed by atoms with Gasteiger partial charge in [0.25, 0.3) is 0 Å². The zero-order chi connectivity index (χ0) is 11.7. The van der Waals surface area contributed by atoms with Gasteiger partial charge in [0.05, 0.1) is 10.7 Å². The number of aromatic carboxylic acids is 1. The molecule has 0 bridgehead atoms. The van der Waals surface area contributed by atoms with Gasteiger partial charge in [0, 0.05) is 6.20 Å². The van der Waals surface area contributed by atoms with E-state index in [-0.39, 0.29) is 10.7 Å². The van der Waals surface area contributed by atoms with Crippen LogP contribution in [0.2, 0.25) is 5.02 Å². The van der Waals surface area contributed by atoms with Crippen LogP contribution in [0.1, 0.15) is 10.5 Å². The van der Waals surface area contributed by atoms with Crippen molar-refractivity contribution in [2.75, 3.05) is 0 Å². The van der Waals surface area contributed by atoms with Gasteiger partial charge in [0.15, 0.2) is 5.69 Å². The largest absolute Gasteiger partial charge is 0.476 e. The molecular formula is C10H6ClFN2O2. The summed E-state index contributed by atoms with van der Waals surface area (Å²) in [5.74, 6) is -1.58. The molecule has 2 rings (SSSR count). The Morgan fingerprint density at radius 2 is 2.25 bits per heavy atom. The smallest absolute Gasteiger partial charge is 0.356 e. The lowest BCUT2D eigenvalue weighted by Crippen LogP contribution is -1.96. The van der Waals surface area contributed by atoms with Gasteiger partial charge in [-0.25, -0.2) is 14.2 Å². The van der Waals surface area contributed by atoms with Crippen LogP contribution in [0.5, 0.6) is 0 Å². The van der Waals surface area contributed by atoms with Gasteiger partial charge in [-0.05, 0) is 18.2 Å². The van der Waals surface area contributed by atoms with Crippen LogP contribution in [0.4, 0.5) is 4.39 Å². The highest BCUT2D eigenvalue weighted by molar-refractivity contribution is 6.32. The first-order chi connectivity index (χ1) is 7.58. The predicted octanol–water partition coefficient (Wildman–Crippen LogP) is 2.36. The molecule has 0 saturated carbocycles. The zero-order valence-electron chi connectivity index (χ0n) is 7.89. The minimum Gasteiger partial charge on any atom is -0.476 e. The summed E-state index contributed by atoms with van der Waals surface area (Å²) < 4.78 is 14.2. The Morgan fingerprint density at radius 3 is 2.81 bits per heavy atom. The minimum absolute atomic E-state index is 0.0969. The van der Waals surface area contributed by atoms with E-state index >= 15 is 0 Å². The molecule has 0 radical (unpaired) electrons. The molecule has 2 aromatic rings. The van der Waals surface area contributed by atoms with Gasteiger partial charge in [-0.3, -0.25) is 0 Å². The Balaban J connectivity index is 2.46. The molecule has 4 nitrogen and oxygen atoms in total. The van der Waals surface area contributed by atoms with Crippen molar-refractivity contribution in [1.82, 2.24) is 9.55 Å². The fourth-order valence-corrected chi connectivity index (χ4v) is 1.52. The number of carbonyl (C=O) groups is 1. The third-order valence-electron chi connectivity index (χ3n) is 1.99. The van der Waals surface area contributed by atoms with Gasteiger partial charge < -0.3 is 9.67 Å². The Morgan fingerprint density at radius 1 is 1.50 bits per heavy atom. The Labute approximate surface area is 94.9 Å². The summed E-state index contributed by atoms with van der Waals surface area (Å²) >= 11 is 5.82. The van der Waals surface area contributed by atoms with Crippen LogP contribution in [-0.2, 0) is 0 Å². The number of carboxylic acid groups (broad SMARTS) is 1. The normalized spacial score (nSPS) is 10.4. The summed E-state index contributed by atoms with van der Waals surface area (Å²) in [5, 5.41) is 8.88. The number of carboxylic acids is 1. The lowest BCUT2D eigenvalue weighted by Gasteiger charge is -2.03. The van der Waals surface area contributed by atoms with Crippen molar-refractivity contribution < 1.29 is 14.3 Å². The molecule has 0 amide bonds. The summed E-state index contributed by atoms with van der Waals surface area (Å²) in [5.41, 5.74) is 0.378. The third-order valence-corrected chi connectivity index (χ3v) is 2.29. The van der Waals surface area contributed by atoms with Gasteiger partial charge >= 0.3 is 5.97 Å². The van der Waals surface area contributed by atoms with Gasteiger partial charge in [-0.1, -0.05) is 11.6 Å². The molecular weight excluding hydrogens is 235 g/mol. The Kier molecular flexibility index (Phi) is 2.62. The van der Waals surface area contributed by atoms with Crippen molar-refractivity contribution in [3.05, 3.63) is 47.3 Å². The summed E-state index contributed by atoms with van der Waals surface area (Å²) in [6.07, 6.45) is 2.62. The van der Waals surface area contributed by atoms with Crippen molar-refractivity contribution in [2.45, 2.75) is 0 Å². The monoisotopic (exact) mass is 240 g/mol. The van der Waals surface area contributed by atoms with Gasteiger partial charge in [-0.2, -0.15) is 0 Å². The Hall–Kier alpha value is -1.88. The van der Waals surface area contributed by atoms with Crippen molar-refractivity contribution >= 4 is 17.6 Å². The number of hydrogen-bond acceptors (Lipinski definition) is 2. The zero-order valence-corrected chi connectivity index (χ0v) is 8.65. The van der Waals surface area contributed by atoms with Crippen molar-refractivity contribution in [3.8, 4) is 5.69 Å². The molecule has 0 aliphatic heterocycles. The van der Waals surface area contributed by atoms with E-state index in [1.54, 1.807) is 0 Å². The minimum atomic E-state index is -1.13. The second kappa shape index (κ2) is 3.94. The van der Waals surface area contributed by atoms with Crippen LogP contribution in [0.3, 0.4) is 0 Å². The lowest BCUT2D eigenvalue weighted by atomic mass is 10.3. The number of halogens is 2. The SMILES string of the molecule is O=C(O)c1cn(-c2ccc(F)cc2Cl)cn1. The van der Waals surface area contributed by atoms with Crippen molar-refractivity contribution in [1.29, 1.82) is 0 Å². The molecule has 1 aromatic heterocycles. The summed E-state index contributed by atoms with van der Waals surface area (Å²) in [7, 11) is 0. The second-order valence-electron chi connectivity index (χ2n) is 3.07. The molecule has 0 fully saturated rings. The quantitative estimate of drug-likeness (QED) is 0.877. The molecule has 1 aromatic carbocycles. The molecule has 1 heterocycles. The molecule has 1 N–H and O–H groups in total. The molecule has 0 saturated heterocycles. The number of nitrogens with zero attached hydrogens (tertiary/aromatic N) is 2. The number of rotatable bonds is 2. The summed E-state index contributed by atoms with van der Waals surface area (Å²) in [6.45, 7) is 0. The standard InChI is InChI=1S/C10H6ClFN2O2/c11-7-3-6(12)1-2-9(7)14-4-8(10(15)16)13-5-14/h1-5H,(H,15,16). The van der Waals surface area contributed by atoms with Crippen LogP contribution >= 0.6 is 11.6 Å². The number of aromatic nitrogens is 2. The maximum Gasteiger partial charge on any atom is 0.356 e. The summed E-state index contributed by atoms with van der Waals surface area (Å²) in [4.78, 5) is 14.3. The number of hydrogen-bond donors (Lipinski definition) is 1. The van der Waals surface area contributed by atoms with Crippen LogP contribution in [0.25, 0.3) is 5.69 Å². The van der Waals surface area contributed by atoms with E-state index in [2.05, 4.69) is 4.98 Å². The molecule has 16 heavy (non-hydrogen) atoms. The van der Waals surface area contributed by atoms with E-state index in [4.69, 9.17) is 16.7 Å². The first kappa shape index (κ1) is 10.6. The maximum atomic E-state index is 12.8. The fraction of sp³-hybridized carbons (Fsp3) is 0. The molecule has 0 unspecified atom stereocenters. The average Bonchev–Trinajstić information content (AvgIpc) is 2.66. The third kappa shape index (κ3) is 1.90. The highest BCUT2D eigenvalue weighted by Crippen LogP contribution is 2.21. The molecule has 82 valence electrons. The first-order valence-corrected chi connectivity index (χ1v) is 4.68. The van der Waals surface area contributed by atoms with Gasteiger partial charge in [0.2, 0.25) is 0 Å². The van der Waals surface area contributed by atoms with Crippen molar-refractivity contribution in [3.63, 3.8) is 0 Å². The van der Waals surface area contributed by atoms with E-state index < -0.39 is 11.8 Å². The first-order valence-electron chi connectivity index (χ1n) is 4.30. The molecule has 0 aliphatic carbocycles. The van der Waals surface area contributed by atoms with Crippen LogP contribution < -0.4 is 0 Å². The van der Waals surface area contributed by atoms with Crippen LogP contribution in [0, 0.1) is 5.82 Å². The van der Waals surface area contributed by atoms with Crippen LogP contribution in [0.15, 0.2) is 30.7 Å². The predicted molar refractivity (Wildman–Crippen MR) is 55.5 cm³/mol. The molecule has 0 atom stereocenters. The Bertz CT molecular complexity index is 554. The van der Waals surface area contributed by atoms with Crippen molar-refractivity contribution in [2.24, 2.45) is 0 Å². The molecule has 0 spiro atoms. The van der Waals surface area contributed by atoms with E-state index in [9.17, 15) is 9.18 Å². The lowest BCUT2D eigenvalue weighted by molar-refractivity contribution is 0.0691.